The molecule has 2 aromatic heterocycles. The summed E-state index contributed by atoms with van der Waals surface area (Å²) < 4.78 is 0. The number of aromatic nitrogens is 3. The summed E-state index contributed by atoms with van der Waals surface area (Å²) in [6, 6.07) is 3.29. The summed E-state index contributed by atoms with van der Waals surface area (Å²) in [4.78, 5) is 16.3. The maximum absolute atomic E-state index is 12.1. The lowest BCUT2D eigenvalue weighted by Crippen LogP contribution is -2.12. The Morgan fingerprint density at radius 1 is 1.42 bits per heavy atom. The standard InChI is InChI=1S/C12H13ClN4OS/c1-3-4-9-5-8(6-10(13)14-9)11(18)15-12-17-16-7(2)19-12/h5-6H,3-4H2,1-2H3,(H,15,17,18). The lowest BCUT2D eigenvalue weighted by atomic mass is 10.1. The van der Waals surface area contributed by atoms with Crippen LogP contribution in [-0.2, 0) is 6.42 Å². The first kappa shape index (κ1) is 13.9. The summed E-state index contributed by atoms with van der Waals surface area (Å²) in [5, 5.41) is 12.0. The molecule has 0 aliphatic carbocycles. The smallest absolute Gasteiger partial charge is 0.257 e. The zero-order chi connectivity index (χ0) is 13.8. The zero-order valence-corrected chi connectivity index (χ0v) is 12.2. The van der Waals surface area contributed by atoms with Gasteiger partial charge in [0.25, 0.3) is 5.91 Å². The number of anilines is 1. The molecule has 7 heteroatoms. The van der Waals surface area contributed by atoms with E-state index in [1.807, 2.05) is 13.8 Å². The molecule has 0 spiro atoms. The molecular weight excluding hydrogens is 284 g/mol. The molecule has 1 N–H and O–H groups in total. The van der Waals surface area contributed by atoms with Gasteiger partial charge in [-0.25, -0.2) is 4.98 Å². The van der Waals surface area contributed by atoms with E-state index in [4.69, 9.17) is 11.6 Å². The molecule has 0 aromatic carbocycles. The maximum atomic E-state index is 12.1. The number of amides is 1. The third-order valence-corrected chi connectivity index (χ3v) is 3.31. The number of hydrogen-bond donors (Lipinski definition) is 1. The van der Waals surface area contributed by atoms with Crippen LogP contribution in [-0.4, -0.2) is 21.1 Å². The van der Waals surface area contributed by atoms with E-state index in [-0.39, 0.29) is 5.91 Å². The fourth-order valence-corrected chi connectivity index (χ4v) is 2.40. The topological polar surface area (TPSA) is 67.8 Å². The van der Waals surface area contributed by atoms with Gasteiger partial charge in [0.15, 0.2) is 0 Å². The number of pyridine rings is 1. The third-order valence-electron chi connectivity index (χ3n) is 2.36. The number of carbonyl (C=O) groups excluding carboxylic acids is 1. The van der Waals surface area contributed by atoms with Crippen molar-refractivity contribution in [1.29, 1.82) is 0 Å². The van der Waals surface area contributed by atoms with Gasteiger partial charge in [-0.3, -0.25) is 10.1 Å². The summed E-state index contributed by atoms with van der Waals surface area (Å²) in [6.07, 6.45) is 1.74. The average Bonchev–Trinajstić information content (AvgIpc) is 2.74. The maximum Gasteiger partial charge on any atom is 0.257 e. The number of carbonyl (C=O) groups is 1. The Morgan fingerprint density at radius 2 is 2.21 bits per heavy atom. The van der Waals surface area contributed by atoms with Crippen LogP contribution in [0.4, 0.5) is 5.13 Å². The highest BCUT2D eigenvalue weighted by molar-refractivity contribution is 7.15. The molecule has 0 unspecified atom stereocenters. The van der Waals surface area contributed by atoms with Gasteiger partial charge in [0.1, 0.15) is 10.2 Å². The molecule has 2 heterocycles. The summed E-state index contributed by atoms with van der Waals surface area (Å²) in [5.41, 5.74) is 1.30. The molecule has 2 rings (SSSR count). The Kier molecular flexibility index (Phi) is 4.44. The van der Waals surface area contributed by atoms with Crippen molar-refractivity contribution < 1.29 is 4.79 Å². The van der Waals surface area contributed by atoms with Gasteiger partial charge in [0.05, 0.1) is 0 Å². The summed E-state index contributed by atoms with van der Waals surface area (Å²) in [6.45, 7) is 3.88. The Labute approximate surface area is 120 Å². The first-order valence-electron chi connectivity index (χ1n) is 5.86. The van der Waals surface area contributed by atoms with Crippen molar-refractivity contribution >= 4 is 34.0 Å². The van der Waals surface area contributed by atoms with Gasteiger partial charge >= 0.3 is 0 Å². The van der Waals surface area contributed by atoms with Gasteiger partial charge in [0, 0.05) is 11.3 Å². The van der Waals surface area contributed by atoms with Crippen molar-refractivity contribution in [2.45, 2.75) is 26.7 Å². The van der Waals surface area contributed by atoms with E-state index >= 15 is 0 Å². The molecule has 5 nitrogen and oxygen atoms in total. The predicted molar refractivity (Wildman–Crippen MR) is 75.8 cm³/mol. The van der Waals surface area contributed by atoms with Gasteiger partial charge < -0.3 is 0 Å². The van der Waals surface area contributed by atoms with E-state index in [1.54, 1.807) is 12.1 Å². The van der Waals surface area contributed by atoms with Crippen LogP contribution in [0.3, 0.4) is 0 Å². The van der Waals surface area contributed by atoms with Crippen molar-refractivity contribution in [3.05, 3.63) is 33.6 Å². The lowest BCUT2D eigenvalue weighted by molar-refractivity contribution is 0.102. The number of nitrogens with zero attached hydrogens (tertiary/aromatic N) is 3. The van der Waals surface area contributed by atoms with Gasteiger partial charge in [-0.05, 0) is 25.5 Å². The molecule has 0 aliphatic heterocycles. The monoisotopic (exact) mass is 296 g/mol. The second-order valence-corrected chi connectivity index (χ2v) is 5.57. The fourth-order valence-electron chi connectivity index (χ4n) is 1.58. The molecule has 0 radical (unpaired) electrons. The molecule has 0 saturated heterocycles. The third kappa shape index (κ3) is 3.71. The Morgan fingerprint density at radius 3 is 2.84 bits per heavy atom. The molecule has 0 saturated carbocycles. The normalized spacial score (nSPS) is 10.5. The van der Waals surface area contributed by atoms with Crippen LogP contribution in [0.1, 0.15) is 34.4 Å². The van der Waals surface area contributed by atoms with Crippen molar-refractivity contribution in [1.82, 2.24) is 15.2 Å². The van der Waals surface area contributed by atoms with E-state index in [0.717, 1.165) is 23.5 Å². The van der Waals surface area contributed by atoms with Crippen LogP contribution in [0, 0.1) is 6.92 Å². The molecule has 0 bridgehead atoms. The first-order valence-corrected chi connectivity index (χ1v) is 7.06. The van der Waals surface area contributed by atoms with Gasteiger partial charge in [-0.15, -0.1) is 10.2 Å². The van der Waals surface area contributed by atoms with Crippen LogP contribution in [0.25, 0.3) is 0 Å². The van der Waals surface area contributed by atoms with Crippen LogP contribution >= 0.6 is 22.9 Å². The minimum atomic E-state index is -0.252. The minimum absolute atomic E-state index is 0.252. The quantitative estimate of drug-likeness (QED) is 0.880. The first-order chi connectivity index (χ1) is 9.08. The average molecular weight is 297 g/mol. The number of halogens is 1. The molecule has 2 aromatic rings. The predicted octanol–water partition coefficient (Wildman–Crippen LogP) is 3.10. The van der Waals surface area contributed by atoms with Gasteiger partial charge in [0.2, 0.25) is 5.13 Å². The number of nitrogens with one attached hydrogen (secondary N) is 1. The van der Waals surface area contributed by atoms with E-state index in [2.05, 4.69) is 20.5 Å². The number of aryl methyl sites for hydroxylation is 2. The van der Waals surface area contributed by atoms with E-state index in [9.17, 15) is 4.79 Å². The summed E-state index contributed by atoms with van der Waals surface area (Å²) in [5.74, 6) is -0.252. The van der Waals surface area contributed by atoms with Crippen LogP contribution in [0.15, 0.2) is 12.1 Å². The molecule has 100 valence electrons. The molecular formula is C12H13ClN4OS. The van der Waals surface area contributed by atoms with Crippen molar-refractivity contribution in [3.8, 4) is 0 Å². The molecule has 0 fully saturated rings. The van der Waals surface area contributed by atoms with Crippen molar-refractivity contribution in [3.63, 3.8) is 0 Å². The Hall–Kier alpha value is -1.53. The van der Waals surface area contributed by atoms with Crippen LogP contribution in [0.2, 0.25) is 5.15 Å². The largest absolute Gasteiger partial charge is 0.296 e. The molecule has 19 heavy (non-hydrogen) atoms. The van der Waals surface area contributed by atoms with Crippen LogP contribution in [0.5, 0.6) is 0 Å². The van der Waals surface area contributed by atoms with E-state index in [1.165, 1.54) is 11.3 Å². The number of rotatable bonds is 4. The highest BCUT2D eigenvalue weighted by atomic mass is 35.5. The SMILES string of the molecule is CCCc1cc(C(=O)Nc2nnc(C)s2)cc(Cl)n1. The molecule has 1 amide bonds. The van der Waals surface area contributed by atoms with Crippen LogP contribution < -0.4 is 5.32 Å². The Bertz CT molecular complexity index is 599. The van der Waals surface area contributed by atoms with Gasteiger partial charge in [-0.1, -0.05) is 36.3 Å². The second kappa shape index (κ2) is 6.08. The molecule has 0 aliphatic rings. The minimum Gasteiger partial charge on any atom is -0.296 e. The lowest BCUT2D eigenvalue weighted by Gasteiger charge is -2.04. The summed E-state index contributed by atoms with van der Waals surface area (Å²) >= 11 is 7.25. The highest BCUT2D eigenvalue weighted by Gasteiger charge is 2.11. The van der Waals surface area contributed by atoms with Gasteiger partial charge in [-0.2, -0.15) is 0 Å². The summed E-state index contributed by atoms with van der Waals surface area (Å²) in [7, 11) is 0. The second-order valence-electron chi connectivity index (χ2n) is 4.00. The van der Waals surface area contributed by atoms with E-state index in [0.29, 0.717) is 15.8 Å². The molecule has 0 atom stereocenters. The fraction of sp³-hybridized carbons (Fsp3) is 0.333. The van der Waals surface area contributed by atoms with Crippen molar-refractivity contribution in [2.24, 2.45) is 0 Å². The zero-order valence-electron chi connectivity index (χ0n) is 10.6. The Balaban J connectivity index is 2.18. The number of hydrogen-bond acceptors (Lipinski definition) is 5. The van der Waals surface area contributed by atoms with Crippen molar-refractivity contribution in [2.75, 3.05) is 5.32 Å². The highest BCUT2D eigenvalue weighted by Crippen LogP contribution is 2.17. The van der Waals surface area contributed by atoms with E-state index < -0.39 is 0 Å².